The molecule has 3 heteroatoms. The van der Waals surface area contributed by atoms with E-state index >= 15 is 0 Å². The second-order valence-corrected chi connectivity index (χ2v) is 4.20. The maximum absolute atomic E-state index is 5.19. The minimum atomic E-state index is 0.487. The van der Waals surface area contributed by atoms with Crippen molar-refractivity contribution in [2.75, 3.05) is 6.61 Å². The molecule has 0 aliphatic carbocycles. The van der Waals surface area contributed by atoms with Gasteiger partial charge in [0, 0.05) is 5.75 Å². The molecule has 14 heavy (non-hydrogen) atoms. The van der Waals surface area contributed by atoms with E-state index in [1.165, 1.54) is 17.3 Å². The van der Waals surface area contributed by atoms with Gasteiger partial charge in [-0.15, -0.1) is 0 Å². The molecule has 0 bridgehead atoms. The molecule has 0 radical (unpaired) electrons. The van der Waals surface area contributed by atoms with E-state index in [2.05, 4.69) is 18.7 Å². The average molecular weight is 224 g/mol. The second-order valence-electron chi connectivity index (χ2n) is 2.62. The van der Waals surface area contributed by atoms with Gasteiger partial charge in [-0.25, -0.2) is 0 Å². The third-order valence-electron chi connectivity index (χ3n) is 1.52. The molecule has 1 nitrogen and oxygen atoms in total. The summed E-state index contributed by atoms with van der Waals surface area (Å²) in [4.78, 5) is 0. The average Bonchev–Trinajstić information content (AvgIpc) is 2.25. The van der Waals surface area contributed by atoms with Gasteiger partial charge in [-0.2, -0.15) is 0 Å². The number of benzene rings is 1. The smallest absolute Gasteiger partial charge is 0.220 e. The Kier molecular flexibility index (Phi) is 5.33. The van der Waals surface area contributed by atoms with Crippen molar-refractivity contribution in [1.82, 2.24) is 0 Å². The topological polar surface area (TPSA) is 9.23 Å². The van der Waals surface area contributed by atoms with E-state index in [0.29, 0.717) is 11.0 Å². The van der Waals surface area contributed by atoms with Crippen LogP contribution >= 0.6 is 24.0 Å². The monoisotopic (exact) mass is 224 g/mol. The minimum Gasteiger partial charge on any atom is -0.474 e. The van der Waals surface area contributed by atoms with Gasteiger partial charge in [0.15, 0.2) is 0 Å². The molecule has 0 aliphatic heterocycles. The van der Waals surface area contributed by atoms with Crippen molar-refractivity contribution in [3.05, 3.63) is 48.6 Å². The standard InChI is InChI=1S/C11H12OS2/c1-2-8-12-11(13)14-9-10-6-4-3-5-7-10/h2-7H,1,8-9H2. The van der Waals surface area contributed by atoms with Crippen molar-refractivity contribution in [3.63, 3.8) is 0 Å². The Bertz CT molecular complexity index is 295. The lowest BCUT2D eigenvalue weighted by atomic mass is 10.2. The fourth-order valence-electron chi connectivity index (χ4n) is 0.885. The van der Waals surface area contributed by atoms with Crippen molar-refractivity contribution in [3.8, 4) is 0 Å². The van der Waals surface area contributed by atoms with Crippen LogP contribution in [0.1, 0.15) is 5.56 Å². The van der Waals surface area contributed by atoms with E-state index in [0.717, 1.165) is 5.75 Å². The number of hydrogen-bond acceptors (Lipinski definition) is 3. The van der Waals surface area contributed by atoms with E-state index in [4.69, 9.17) is 17.0 Å². The largest absolute Gasteiger partial charge is 0.474 e. The molecule has 0 spiro atoms. The number of rotatable bonds is 4. The van der Waals surface area contributed by atoms with Gasteiger partial charge < -0.3 is 4.74 Å². The van der Waals surface area contributed by atoms with Gasteiger partial charge >= 0.3 is 0 Å². The van der Waals surface area contributed by atoms with Crippen LogP contribution in [0, 0.1) is 0 Å². The maximum atomic E-state index is 5.19. The molecule has 1 aromatic rings. The first kappa shape index (κ1) is 11.3. The third-order valence-corrected chi connectivity index (χ3v) is 2.82. The summed E-state index contributed by atoms with van der Waals surface area (Å²) in [5.41, 5.74) is 1.25. The van der Waals surface area contributed by atoms with Crippen molar-refractivity contribution >= 4 is 28.4 Å². The summed E-state index contributed by atoms with van der Waals surface area (Å²) in [5.74, 6) is 0.858. The van der Waals surface area contributed by atoms with Gasteiger partial charge in [0.2, 0.25) is 4.38 Å². The van der Waals surface area contributed by atoms with Crippen molar-refractivity contribution in [2.24, 2.45) is 0 Å². The Labute approximate surface area is 94.2 Å². The Morgan fingerprint density at radius 3 is 2.79 bits per heavy atom. The lowest BCUT2D eigenvalue weighted by molar-refractivity contribution is 0.371. The van der Waals surface area contributed by atoms with Crippen LogP contribution in [-0.2, 0) is 10.5 Å². The number of thiocarbonyl (C=S) groups is 1. The molecular weight excluding hydrogens is 212 g/mol. The summed E-state index contributed by atoms with van der Waals surface area (Å²) in [7, 11) is 0. The number of ether oxygens (including phenoxy) is 1. The SMILES string of the molecule is C=CCOC(=S)SCc1ccccc1. The van der Waals surface area contributed by atoms with Gasteiger partial charge in [0.1, 0.15) is 6.61 Å². The third kappa shape index (κ3) is 4.44. The van der Waals surface area contributed by atoms with Gasteiger partial charge in [-0.1, -0.05) is 54.7 Å². The van der Waals surface area contributed by atoms with Gasteiger partial charge in [-0.3, -0.25) is 0 Å². The first-order chi connectivity index (χ1) is 6.83. The van der Waals surface area contributed by atoms with Crippen LogP contribution in [0.5, 0.6) is 0 Å². The summed E-state index contributed by atoms with van der Waals surface area (Å²) in [6.07, 6.45) is 1.69. The van der Waals surface area contributed by atoms with Crippen LogP contribution in [0.25, 0.3) is 0 Å². The van der Waals surface area contributed by atoms with Crippen LogP contribution in [0.3, 0.4) is 0 Å². The molecule has 0 unspecified atom stereocenters. The van der Waals surface area contributed by atoms with E-state index in [1.807, 2.05) is 18.2 Å². The molecule has 0 saturated carbocycles. The molecule has 1 rings (SSSR count). The quantitative estimate of drug-likeness (QED) is 0.573. The summed E-state index contributed by atoms with van der Waals surface area (Å²) in [6.45, 7) is 4.04. The highest BCUT2D eigenvalue weighted by Gasteiger charge is 1.98. The lowest BCUT2D eigenvalue weighted by Crippen LogP contribution is -1.96. The van der Waals surface area contributed by atoms with Crippen LogP contribution in [0.2, 0.25) is 0 Å². The molecule has 0 saturated heterocycles. The van der Waals surface area contributed by atoms with Crippen LogP contribution in [0.15, 0.2) is 43.0 Å². The van der Waals surface area contributed by atoms with Crippen molar-refractivity contribution in [2.45, 2.75) is 5.75 Å². The number of hydrogen-bond donors (Lipinski definition) is 0. The molecule has 0 amide bonds. The molecular formula is C11H12OS2. The van der Waals surface area contributed by atoms with Crippen LogP contribution in [0.4, 0.5) is 0 Å². The zero-order valence-electron chi connectivity index (χ0n) is 7.81. The summed E-state index contributed by atoms with van der Waals surface area (Å²) in [5, 5.41) is 0. The number of thioether (sulfide) groups is 1. The van der Waals surface area contributed by atoms with Crippen LogP contribution in [-0.4, -0.2) is 11.0 Å². The summed E-state index contributed by atoms with van der Waals surface area (Å²) >= 11 is 6.54. The van der Waals surface area contributed by atoms with Crippen molar-refractivity contribution < 1.29 is 4.74 Å². The fraction of sp³-hybridized carbons (Fsp3) is 0.182. The van der Waals surface area contributed by atoms with Crippen molar-refractivity contribution in [1.29, 1.82) is 0 Å². The zero-order valence-corrected chi connectivity index (χ0v) is 9.44. The Balaban J connectivity index is 2.27. The van der Waals surface area contributed by atoms with Gasteiger partial charge in [0.25, 0.3) is 0 Å². The van der Waals surface area contributed by atoms with Gasteiger partial charge in [0.05, 0.1) is 0 Å². The zero-order chi connectivity index (χ0) is 10.2. The molecule has 74 valence electrons. The minimum absolute atomic E-state index is 0.487. The molecule has 0 heterocycles. The van der Waals surface area contributed by atoms with E-state index in [1.54, 1.807) is 6.08 Å². The normalized spacial score (nSPS) is 9.43. The molecule has 0 aliphatic rings. The summed E-state index contributed by atoms with van der Waals surface area (Å²) < 4.78 is 5.77. The fourth-order valence-corrected chi connectivity index (χ4v) is 1.76. The Morgan fingerprint density at radius 2 is 2.14 bits per heavy atom. The Hall–Kier alpha value is -0.800. The van der Waals surface area contributed by atoms with Gasteiger partial charge in [-0.05, 0) is 17.8 Å². The predicted molar refractivity (Wildman–Crippen MR) is 66.5 cm³/mol. The highest BCUT2D eigenvalue weighted by molar-refractivity contribution is 8.22. The maximum Gasteiger partial charge on any atom is 0.220 e. The molecule has 1 aromatic carbocycles. The van der Waals surface area contributed by atoms with E-state index in [9.17, 15) is 0 Å². The highest BCUT2D eigenvalue weighted by Crippen LogP contribution is 2.14. The first-order valence-corrected chi connectivity index (χ1v) is 5.66. The van der Waals surface area contributed by atoms with E-state index < -0.39 is 0 Å². The van der Waals surface area contributed by atoms with E-state index in [-0.39, 0.29) is 0 Å². The molecule has 0 N–H and O–H groups in total. The second kappa shape index (κ2) is 6.62. The van der Waals surface area contributed by atoms with Crippen LogP contribution < -0.4 is 0 Å². The molecule has 0 fully saturated rings. The predicted octanol–water partition coefficient (Wildman–Crippen LogP) is 3.41. The molecule has 0 aromatic heterocycles. The Morgan fingerprint density at radius 1 is 1.43 bits per heavy atom. The lowest BCUT2D eigenvalue weighted by Gasteiger charge is -2.03. The molecule has 0 atom stereocenters. The first-order valence-electron chi connectivity index (χ1n) is 4.27. The summed E-state index contributed by atoms with van der Waals surface area (Å²) in [6, 6.07) is 10.2. The highest BCUT2D eigenvalue weighted by atomic mass is 32.2.